The first-order valence-electron chi connectivity index (χ1n) is 5.91. The lowest BCUT2D eigenvalue weighted by molar-refractivity contribution is -0.123. The van der Waals surface area contributed by atoms with Crippen LogP contribution in [0.1, 0.15) is 18.4 Å². The highest BCUT2D eigenvalue weighted by Crippen LogP contribution is 2.19. The van der Waals surface area contributed by atoms with Crippen LogP contribution in [0.15, 0.2) is 28.7 Å². The number of rotatable bonds is 3. The van der Waals surface area contributed by atoms with Gasteiger partial charge < -0.3 is 5.73 Å². The lowest BCUT2D eigenvalue weighted by Crippen LogP contribution is -2.40. The van der Waals surface area contributed by atoms with Crippen LogP contribution in [0.5, 0.6) is 0 Å². The topological polar surface area (TPSA) is 46.3 Å². The highest BCUT2D eigenvalue weighted by atomic mass is 79.9. The Morgan fingerprint density at radius 3 is 3.06 bits per heavy atom. The van der Waals surface area contributed by atoms with Gasteiger partial charge in [-0.3, -0.25) is 9.69 Å². The molecule has 1 amide bonds. The highest BCUT2D eigenvalue weighted by Gasteiger charge is 2.23. The number of nitrogens with zero attached hydrogens (tertiary/aromatic N) is 1. The quantitative estimate of drug-likeness (QED) is 0.929. The average molecular weight is 297 g/mol. The fourth-order valence-corrected chi connectivity index (χ4v) is 2.77. The van der Waals surface area contributed by atoms with Gasteiger partial charge in [-0.05, 0) is 37.1 Å². The van der Waals surface area contributed by atoms with Gasteiger partial charge in [-0.15, -0.1) is 0 Å². The molecule has 0 spiro atoms. The number of nitrogens with two attached hydrogens (primary N) is 1. The summed E-state index contributed by atoms with van der Waals surface area (Å²) < 4.78 is 1.10. The molecule has 0 aliphatic carbocycles. The summed E-state index contributed by atoms with van der Waals surface area (Å²) in [4.78, 5) is 13.5. The first kappa shape index (κ1) is 12.6. The Hall–Kier alpha value is -0.870. The molecule has 1 saturated heterocycles. The molecule has 92 valence electrons. The molecular formula is C13H17BrN2O. The Morgan fingerprint density at radius 1 is 1.53 bits per heavy atom. The van der Waals surface area contributed by atoms with Gasteiger partial charge in [0.1, 0.15) is 0 Å². The normalized spacial score (nSPS) is 21.4. The summed E-state index contributed by atoms with van der Waals surface area (Å²) in [5.41, 5.74) is 6.64. The second-order valence-electron chi connectivity index (χ2n) is 4.61. The van der Waals surface area contributed by atoms with Gasteiger partial charge in [0.15, 0.2) is 0 Å². The molecule has 0 radical (unpaired) electrons. The molecule has 1 aliphatic rings. The summed E-state index contributed by atoms with van der Waals surface area (Å²) in [7, 11) is 0. The fraction of sp³-hybridized carbons (Fsp3) is 0.462. The van der Waals surface area contributed by atoms with E-state index < -0.39 is 0 Å². The predicted molar refractivity (Wildman–Crippen MR) is 71.3 cm³/mol. The molecule has 2 N–H and O–H groups in total. The first-order chi connectivity index (χ1) is 8.15. The van der Waals surface area contributed by atoms with Crippen LogP contribution in [-0.2, 0) is 11.3 Å². The third-order valence-corrected chi connectivity index (χ3v) is 3.70. The van der Waals surface area contributed by atoms with E-state index in [1.807, 2.05) is 12.1 Å². The van der Waals surface area contributed by atoms with Gasteiger partial charge in [0.25, 0.3) is 0 Å². The summed E-state index contributed by atoms with van der Waals surface area (Å²) >= 11 is 3.47. The smallest absolute Gasteiger partial charge is 0.221 e. The maximum atomic E-state index is 11.2. The van der Waals surface area contributed by atoms with E-state index in [0.717, 1.165) is 36.9 Å². The van der Waals surface area contributed by atoms with E-state index in [1.54, 1.807) is 0 Å². The van der Waals surface area contributed by atoms with Crippen molar-refractivity contribution in [2.75, 3.05) is 13.1 Å². The number of benzene rings is 1. The SMILES string of the molecule is NC(=O)[C@H]1CCCN(Cc2cccc(Br)c2)C1. The van der Waals surface area contributed by atoms with Crippen LogP contribution in [0.25, 0.3) is 0 Å². The van der Waals surface area contributed by atoms with E-state index in [0.29, 0.717) is 0 Å². The van der Waals surface area contributed by atoms with Crippen LogP contribution >= 0.6 is 15.9 Å². The predicted octanol–water partition coefficient (Wildman–Crippen LogP) is 2.15. The zero-order valence-corrected chi connectivity index (χ0v) is 11.3. The van der Waals surface area contributed by atoms with Crippen LogP contribution < -0.4 is 5.73 Å². The zero-order valence-electron chi connectivity index (χ0n) is 9.73. The number of amides is 1. The lowest BCUT2D eigenvalue weighted by atomic mass is 9.97. The minimum Gasteiger partial charge on any atom is -0.369 e. The van der Waals surface area contributed by atoms with Gasteiger partial charge in [0, 0.05) is 17.6 Å². The van der Waals surface area contributed by atoms with Crippen molar-refractivity contribution >= 4 is 21.8 Å². The number of likely N-dealkylation sites (tertiary alicyclic amines) is 1. The molecule has 1 heterocycles. The molecule has 17 heavy (non-hydrogen) atoms. The van der Waals surface area contributed by atoms with Crippen molar-refractivity contribution in [1.29, 1.82) is 0 Å². The molecule has 0 unspecified atom stereocenters. The number of primary amides is 1. The van der Waals surface area contributed by atoms with E-state index in [1.165, 1.54) is 5.56 Å². The number of carbonyl (C=O) groups is 1. The lowest BCUT2D eigenvalue weighted by Gasteiger charge is -2.31. The van der Waals surface area contributed by atoms with Crippen LogP contribution in [0.2, 0.25) is 0 Å². The van der Waals surface area contributed by atoms with Gasteiger partial charge in [-0.25, -0.2) is 0 Å². The van der Waals surface area contributed by atoms with Gasteiger partial charge in [0.05, 0.1) is 5.92 Å². The minimum atomic E-state index is -0.163. The second-order valence-corrected chi connectivity index (χ2v) is 5.52. The molecule has 1 aromatic rings. The molecule has 0 aromatic heterocycles. The van der Waals surface area contributed by atoms with Crippen LogP contribution in [0.4, 0.5) is 0 Å². The van der Waals surface area contributed by atoms with E-state index in [2.05, 4.69) is 33.0 Å². The summed E-state index contributed by atoms with van der Waals surface area (Å²) in [5.74, 6) is -0.139. The van der Waals surface area contributed by atoms with Crippen LogP contribution in [-0.4, -0.2) is 23.9 Å². The molecule has 1 fully saturated rings. The molecule has 3 nitrogen and oxygen atoms in total. The first-order valence-corrected chi connectivity index (χ1v) is 6.70. The molecule has 4 heteroatoms. The van der Waals surface area contributed by atoms with E-state index in [4.69, 9.17) is 5.73 Å². The highest BCUT2D eigenvalue weighted by molar-refractivity contribution is 9.10. The number of hydrogen-bond acceptors (Lipinski definition) is 2. The van der Waals surface area contributed by atoms with Crippen LogP contribution in [0, 0.1) is 5.92 Å². The third kappa shape index (κ3) is 3.54. The van der Waals surface area contributed by atoms with Crippen molar-refractivity contribution in [3.05, 3.63) is 34.3 Å². The Morgan fingerprint density at radius 2 is 2.35 bits per heavy atom. The number of carbonyl (C=O) groups excluding carboxylic acids is 1. The van der Waals surface area contributed by atoms with Crippen molar-refractivity contribution in [2.45, 2.75) is 19.4 Å². The van der Waals surface area contributed by atoms with Gasteiger partial charge in [0.2, 0.25) is 5.91 Å². The van der Waals surface area contributed by atoms with Crippen molar-refractivity contribution in [2.24, 2.45) is 11.7 Å². The monoisotopic (exact) mass is 296 g/mol. The summed E-state index contributed by atoms with van der Waals surface area (Å²) in [6, 6.07) is 8.29. The van der Waals surface area contributed by atoms with Gasteiger partial charge >= 0.3 is 0 Å². The summed E-state index contributed by atoms with van der Waals surface area (Å²) in [6.07, 6.45) is 1.99. The Labute approximate surface area is 110 Å². The maximum Gasteiger partial charge on any atom is 0.221 e. The molecule has 0 saturated carbocycles. The van der Waals surface area contributed by atoms with Gasteiger partial charge in [-0.1, -0.05) is 28.1 Å². The molecular weight excluding hydrogens is 280 g/mol. The summed E-state index contributed by atoms with van der Waals surface area (Å²) in [5, 5.41) is 0. The van der Waals surface area contributed by atoms with Crippen molar-refractivity contribution < 1.29 is 4.79 Å². The molecule has 1 aromatic carbocycles. The largest absolute Gasteiger partial charge is 0.369 e. The number of piperidine rings is 1. The molecule has 0 bridgehead atoms. The van der Waals surface area contributed by atoms with Crippen molar-refractivity contribution in [3.63, 3.8) is 0 Å². The van der Waals surface area contributed by atoms with Crippen LogP contribution in [0.3, 0.4) is 0 Å². The second kappa shape index (κ2) is 5.65. The zero-order chi connectivity index (χ0) is 12.3. The Balaban J connectivity index is 1.97. The van der Waals surface area contributed by atoms with Crippen molar-refractivity contribution in [1.82, 2.24) is 4.90 Å². The van der Waals surface area contributed by atoms with Gasteiger partial charge in [-0.2, -0.15) is 0 Å². The minimum absolute atomic E-state index is 0.0240. The molecule has 2 rings (SSSR count). The van der Waals surface area contributed by atoms with Crippen molar-refractivity contribution in [3.8, 4) is 0 Å². The fourth-order valence-electron chi connectivity index (χ4n) is 2.32. The number of halogens is 1. The maximum absolute atomic E-state index is 11.2. The molecule has 1 atom stereocenters. The Kier molecular flexibility index (Phi) is 4.18. The molecule has 1 aliphatic heterocycles. The Bertz CT molecular complexity index is 408. The van der Waals surface area contributed by atoms with E-state index >= 15 is 0 Å². The standard InChI is InChI=1S/C13H17BrN2O/c14-12-5-1-3-10(7-12)8-16-6-2-4-11(9-16)13(15)17/h1,3,5,7,11H,2,4,6,8-9H2,(H2,15,17)/t11-/m0/s1. The third-order valence-electron chi connectivity index (χ3n) is 3.20. The van der Waals surface area contributed by atoms with E-state index in [9.17, 15) is 4.79 Å². The van der Waals surface area contributed by atoms with E-state index in [-0.39, 0.29) is 11.8 Å². The summed E-state index contributed by atoms with van der Waals surface area (Å²) in [6.45, 7) is 2.74. The number of hydrogen-bond donors (Lipinski definition) is 1. The average Bonchev–Trinajstić information content (AvgIpc) is 2.29.